The molecule has 1 aliphatic rings. The summed E-state index contributed by atoms with van der Waals surface area (Å²) in [6.07, 6.45) is 0. The predicted molar refractivity (Wildman–Crippen MR) is 144 cm³/mol. The number of carbonyl (C=O) groups excluding carboxylic acids is 2. The van der Waals surface area contributed by atoms with Crippen molar-refractivity contribution in [2.75, 3.05) is 18.1 Å². The number of aliphatic hydroxyl groups is 1. The number of carbonyl (C=O) groups is 2. The van der Waals surface area contributed by atoms with Gasteiger partial charge in [0.25, 0.3) is 11.7 Å². The van der Waals surface area contributed by atoms with Crippen LogP contribution in [0.3, 0.4) is 0 Å². The third kappa shape index (κ3) is 4.54. The fourth-order valence-corrected chi connectivity index (χ4v) is 4.72. The van der Waals surface area contributed by atoms with Crippen LogP contribution in [0.15, 0.2) is 96.6 Å². The van der Waals surface area contributed by atoms with Gasteiger partial charge in [0, 0.05) is 11.3 Å². The molecule has 1 unspecified atom stereocenters. The van der Waals surface area contributed by atoms with E-state index < -0.39 is 17.7 Å². The van der Waals surface area contributed by atoms with E-state index in [0.717, 1.165) is 10.8 Å². The summed E-state index contributed by atoms with van der Waals surface area (Å²) in [6.45, 7) is 4.77. The van der Waals surface area contributed by atoms with Gasteiger partial charge in [-0.1, -0.05) is 48.5 Å². The van der Waals surface area contributed by atoms with Gasteiger partial charge in [-0.15, -0.1) is 0 Å². The second-order valence-electron chi connectivity index (χ2n) is 8.66. The second kappa shape index (κ2) is 10.2. The zero-order valence-electron chi connectivity index (χ0n) is 20.7. The number of hydrogen-bond acceptors (Lipinski definition) is 5. The smallest absolute Gasteiger partial charge is 0.300 e. The SMILES string of the molecule is CCOc1ccc(N2C(=O)C(=O)/C(=C(\O)c3ccc4ccccc4c3)C2c2cccc(OCC)c2)cc1. The molecule has 0 saturated carbocycles. The van der Waals surface area contributed by atoms with Gasteiger partial charge >= 0.3 is 0 Å². The number of ether oxygens (including phenoxy) is 2. The van der Waals surface area contributed by atoms with Crippen molar-refractivity contribution in [2.45, 2.75) is 19.9 Å². The Hall–Kier alpha value is -4.58. The summed E-state index contributed by atoms with van der Waals surface area (Å²) in [7, 11) is 0. The molecular formula is C31H27NO5. The number of aliphatic hydroxyl groups excluding tert-OH is 1. The molecule has 1 heterocycles. The summed E-state index contributed by atoms with van der Waals surface area (Å²) in [4.78, 5) is 28.3. The number of Topliss-reactive ketones (excluding diaryl/α,β-unsaturated/α-hetero) is 1. The van der Waals surface area contributed by atoms with E-state index in [1.807, 2.05) is 68.4 Å². The molecule has 6 heteroatoms. The van der Waals surface area contributed by atoms with Gasteiger partial charge in [0.2, 0.25) is 0 Å². The van der Waals surface area contributed by atoms with Crippen molar-refractivity contribution in [1.29, 1.82) is 0 Å². The molecule has 1 aliphatic heterocycles. The van der Waals surface area contributed by atoms with Gasteiger partial charge < -0.3 is 14.6 Å². The van der Waals surface area contributed by atoms with Crippen LogP contribution < -0.4 is 14.4 Å². The predicted octanol–water partition coefficient (Wildman–Crippen LogP) is 6.26. The molecule has 0 radical (unpaired) electrons. The molecule has 0 bridgehead atoms. The zero-order valence-corrected chi connectivity index (χ0v) is 20.7. The Labute approximate surface area is 215 Å². The highest BCUT2D eigenvalue weighted by atomic mass is 16.5. The lowest BCUT2D eigenvalue weighted by Gasteiger charge is -2.26. The fourth-order valence-electron chi connectivity index (χ4n) is 4.72. The van der Waals surface area contributed by atoms with Crippen molar-refractivity contribution in [1.82, 2.24) is 0 Å². The number of anilines is 1. The standard InChI is InChI=1S/C31H27NO5/c1-3-36-25-16-14-24(15-17-25)32-28(22-10-7-11-26(19-22)37-4-2)27(30(34)31(32)35)29(33)23-13-12-20-8-5-6-9-21(20)18-23/h5-19,28,33H,3-4H2,1-2H3/b29-27-. The topological polar surface area (TPSA) is 76.1 Å². The van der Waals surface area contributed by atoms with Crippen LogP contribution in [-0.4, -0.2) is 30.0 Å². The summed E-state index contributed by atoms with van der Waals surface area (Å²) in [5, 5.41) is 13.4. The van der Waals surface area contributed by atoms with Crippen molar-refractivity contribution >= 4 is 33.9 Å². The van der Waals surface area contributed by atoms with Crippen molar-refractivity contribution in [3.05, 3.63) is 108 Å². The van der Waals surface area contributed by atoms with Gasteiger partial charge in [-0.3, -0.25) is 14.5 Å². The molecule has 0 spiro atoms. The number of nitrogens with zero attached hydrogens (tertiary/aromatic N) is 1. The molecule has 1 saturated heterocycles. The maximum absolute atomic E-state index is 13.5. The van der Waals surface area contributed by atoms with Gasteiger partial charge in [0.15, 0.2) is 0 Å². The van der Waals surface area contributed by atoms with Crippen LogP contribution in [0.5, 0.6) is 11.5 Å². The highest BCUT2D eigenvalue weighted by molar-refractivity contribution is 6.51. The first kappa shape index (κ1) is 24.1. The van der Waals surface area contributed by atoms with Crippen LogP contribution in [0.2, 0.25) is 0 Å². The lowest BCUT2D eigenvalue weighted by Crippen LogP contribution is -2.29. The Bertz CT molecular complexity index is 1510. The molecule has 1 N–H and O–H groups in total. The molecule has 1 fully saturated rings. The number of rotatable bonds is 7. The maximum Gasteiger partial charge on any atom is 0.300 e. The molecule has 1 atom stereocenters. The summed E-state index contributed by atoms with van der Waals surface area (Å²) >= 11 is 0. The van der Waals surface area contributed by atoms with E-state index >= 15 is 0 Å². The van der Waals surface area contributed by atoms with E-state index in [1.165, 1.54) is 4.90 Å². The van der Waals surface area contributed by atoms with E-state index in [1.54, 1.807) is 36.4 Å². The second-order valence-corrected chi connectivity index (χ2v) is 8.66. The third-order valence-electron chi connectivity index (χ3n) is 6.38. The number of benzene rings is 4. The molecule has 6 nitrogen and oxygen atoms in total. The molecule has 0 aliphatic carbocycles. The summed E-state index contributed by atoms with van der Waals surface area (Å²) in [5.41, 5.74) is 1.67. The Balaban J connectivity index is 1.68. The van der Waals surface area contributed by atoms with Gasteiger partial charge in [-0.25, -0.2) is 0 Å². The average molecular weight is 494 g/mol. The monoisotopic (exact) mass is 493 g/mol. The largest absolute Gasteiger partial charge is 0.507 e. The van der Waals surface area contributed by atoms with Crippen LogP contribution in [0.25, 0.3) is 16.5 Å². The minimum absolute atomic E-state index is 0.0304. The Kier molecular flexibility index (Phi) is 6.64. The first-order chi connectivity index (χ1) is 18.0. The average Bonchev–Trinajstić information content (AvgIpc) is 3.19. The van der Waals surface area contributed by atoms with Gasteiger partial charge in [0.1, 0.15) is 17.3 Å². The quantitative estimate of drug-likeness (QED) is 0.187. The minimum atomic E-state index is -0.843. The van der Waals surface area contributed by atoms with Crippen LogP contribution in [0.1, 0.15) is 31.0 Å². The summed E-state index contributed by atoms with van der Waals surface area (Å²) < 4.78 is 11.2. The molecular weight excluding hydrogens is 466 g/mol. The molecule has 5 rings (SSSR count). The number of hydrogen-bond donors (Lipinski definition) is 1. The normalized spacial score (nSPS) is 16.8. The number of fused-ring (bicyclic) bond motifs is 1. The van der Waals surface area contributed by atoms with Gasteiger partial charge in [-0.05, 0) is 72.6 Å². The summed E-state index contributed by atoms with van der Waals surface area (Å²) in [6, 6.07) is 26.7. The molecule has 4 aromatic carbocycles. The van der Waals surface area contributed by atoms with E-state index in [9.17, 15) is 14.7 Å². The maximum atomic E-state index is 13.5. The van der Waals surface area contributed by atoms with Gasteiger partial charge in [0.05, 0.1) is 24.8 Å². The Morgan fingerprint density at radius 1 is 0.784 bits per heavy atom. The van der Waals surface area contributed by atoms with Crippen molar-refractivity contribution < 1.29 is 24.2 Å². The lowest BCUT2D eigenvalue weighted by molar-refractivity contribution is -0.132. The number of ketones is 1. The van der Waals surface area contributed by atoms with E-state index in [4.69, 9.17) is 9.47 Å². The van der Waals surface area contributed by atoms with Crippen LogP contribution >= 0.6 is 0 Å². The van der Waals surface area contributed by atoms with Crippen molar-refractivity contribution in [3.8, 4) is 11.5 Å². The molecule has 1 amide bonds. The Morgan fingerprint density at radius 2 is 1.49 bits per heavy atom. The molecule has 4 aromatic rings. The highest BCUT2D eigenvalue weighted by Gasteiger charge is 2.47. The van der Waals surface area contributed by atoms with Crippen LogP contribution in [0, 0.1) is 0 Å². The van der Waals surface area contributed by atoms with E-state index in [2.05, 4.69) is 0 Å². The molecule has 37 heavy (non-hydrogen) atoms. The minimum Gasteiger partial charge on any atom is -0.507 e. The molecule has 0 aromatic heterocycles. The van der Waals surface area contributed by atoms with E-state index in [0.29, 0.717) is 41.5 Å². The summed E-state index contributed by atoms with van der Waals surface area (Å²) in [5.74, 6) is -0.397. The van der Waals surface area contributed by atoms with Crippen molar-refractivity contribution in [2.24, 2.45) is 0 Å². The first-order valence-electron chi connectivity index (χ1n) is 12.3. The van der Waals surface area contributed by atoms with Gasteiger partial charge in [-0.2, -0.15) is 0 Å². The van der Waals surface area contributed by atoms with Crippen molar-refractivity contribution in [3.63, 3.8) is 0 Å². The third-order valence-corrected chi connectivity index (χ3v) is 6.38. The first-order valence-corrected chi connectivity index (χ1v) is 12.3. The highest BCUT2D eigenvalue weighted by Crippen LogP contribution is 2.43. The Morgan fingerprint density at radius 3 is 2.22 bits per heavy atom. The fraction of sp³-hybridized carbons (Fsp3) is 0.161. The number of amides is 1. The van der Waals surface area contributed by atoms with Crippen LogP contribution in [-0.2, 0) is 9.59 Å². The zero-order chi connectivity index (χ0) is 25.9. The van der Waals surface area contributed by atoms with E-state index in [-0.39, 0.29) is 11.3 Å². The lowest BCUT2D eigenvalue weighted by atomic mass is 9.94. The molecule has 186 valence electrons. The van der Waals surface area contributed by atoms with Crippen LogP contribution in [0.4, 0.5) is 5.69 Å².